The van der Waals surface area contributed by atoms with E-state index in [0.29, 0.717) is 24.6 Å². The summed E-state index contributed by atoms with van der Waals surface area (Å²) in [5, 5.41) is 3.10. The Bertz CT molecular complexity index is 400. The lowest BCUT2D eigenvalue weighted by Crippen LogP contribution is -2.29. The van der Waals surface area contributed by atoms with E-state index < -0.39 is 11.7 Å². The van der Waals surface area contributed by atoms with Crippen LogP contribution in [0.5, 0.6) is 0 Å². The van der Waals surface area contributed by atoms with Crippen LogP contribution in [0, 0.1) is 5.92 Å². The fraction of sp³-hybridized carbons (Fsp3) is 0.571. The number of rotatable bonds is 4. The minimum atomic E-state index is -4.29. The Labute approximate surface area is 111 Å². The third kappa shape index (κ3) is 4.21. The van der Waals surface area contributed by atoms with Crippen LogP contribution < -0.4 is 5.32 Å². The van der Waals surface area contributed by atoms with Gasteiger partial charge in [-0.1, -0.05) is 18.2 Å². The quantitative estimate of drug-likeness (QED) is 0.909. The molecule has 1 heterocycles. The van der Waals surface area contributed by atoms with E-state index in [1.165, 1.54) is 12.1 Å². The van der Waals surface area contributed by atoms with E-state index in [1.54, 1.807) is 6.07 Å². The molecule has 19 heavy (non-hydrogen) atoms. The normalized spacial score (nSPS) is 20.5. The van der Waals surface area contributed by atoms with Gasteiger partial charge in [-0.15, -0.1) is 0 Å². The molecule has 1 fully saturated rings. The lowest BCUT2D eigenvalue weighted by molar-refractivity contribution is -0.138. The van der Waals surface area contributed by atoms with Gasteiger partial charge in [0.05, 0.1) is 12.2 Å². The highest BCUT2D eigenvalue weighted by molar-refractivity contribution is 5.29. The molecule has 0 radical (unpaired) electrons. The van der Waals surface area contributed by atoms with Gasteiger partial charge in [0.2, 0.25) is 0 Å². The van der Waals surface area contributed by atoms with Crippen LogP contribution in [0.4, 0.5) is 13.2 Å². The largest absolute Gasteiger partial charge is 0.416 e. The average Bonchev–Trinajstić information content (AvgIpc) is 2.39. The Morgan fingerprint density at radius 2 is 2.05 bits per heavy atom. The summed E-state index contributed by atoms with van der Waals surface area (Å²) in [7, 11) is 0. The predicted molar refractivity (Wildman–Crippen MR) is 66.7 cm³/mol. The summed E-state index contributed by atoms with van der Waals surface area (Å²) in [6.45, 7) is 2.44. The van der Waals surface area contributed by atoms with Crippen molar-refractivity contribution >= 4 is 0 Å². The second-order valence-corrected chi connectivity index (χ2v) is 4.87. The van der Waals surface area contributed by atoms with Crippen molar-refractivity contribution in [3.63, 3.8) is 0 Å². The summed E-state index contributed by atoms with van der Waals surface area (Å²) in [6.07, 6.45) is -2.17. The summed E-state index contributed by atoms with van der Waals surface area (Å²) in [4.78, 5) is 0. The number of hydrogen-bond donors (Lipinski definition) is 1. The van der Waals surface area contributed by atoms with Crippen LogP contribution in [0.3, 0.4) is 0 Å². The Kier molecular flexibility index (Phi) is 4.82. The Balaban J connectivity index is 1.88. The number of hydrogen-bond acceptors (Lipinski definition) is 2. The zero-order valence-corrected chi connectivity index (χ0v) is 10.7. The number of halogens is 3. The SMILES string of the molecule is FC(F)(F)c1ccccc1CNCC1CCCOC1. The number of nitrogens with one attached hydrogen (secondary N) is 1. The van der Waals surface area contributed by atoms with Crippen molar-refractivity contribution in [3.8, 4) is 0 Å². The van der Waals surface area contributed by atoms with Crippen LogP contribution in [0.2, 0.25) is 0 Å². The summed E-state index contributed by atoms with van der Waals surface area (Å²) in [6, 6.07) is 5.70. The Morgan fingerprint density at radius 1 is 1.26 bits per heavy atom. The molecule has 2 nitrogen and oxygen atoms in total. The molecule has 2 rings (SSSR count). The van der Waals surface area contributed by atoms with Crippen LogP contribution >= 0.6 is 0 Å². The van der Waals surface area contributed by atoms with Crippen LogP contribution in [-0.4, -0.2) is 19.8 Å². The average molecular weight is 273 g/mol. The van der Waals surface area contributed by atoms with Crippen molar-refractivity contribution in [2.75, 3.05) is 19.8 Å². The minimum absolute atomic E-state index is 0.242. The molecular formula is C14H18F3NO. The molecule has 0 saturated carbocycles. The maximum Gasteiger partial charge on any atom is 0.416 e. The Morgan fingerprint density at radius 3 is 2.74 bits per heavy atom. The van der Waals surface area contributed by atoms with Gasteiger partial charge in [0.25, 0.3) is 0 Å². The van der Waals surface area contributed by atoms with Gasteiger partial charge in [0.1, 0.15) is 0 Å². The van der Waals surface area contributed by atoms with E-state index in [-0.39, 0.29) is 6.54 Å². The minimum Gasteiger partial charge on any atom is -0.381 e. The van der Waals surface area contributed by atoms with E-state index in [9.17, 15) is 13.2 Å². The summed E-state index contributed by atoms with van der Waals surface area (Å²) in [5.41, 5.74) is -0.255. The first-order valence-electron chi connectivity index (χ1n) is 6.51. The fourth-order valence-corrected chi connectivity index (χ4v) is 2.33. The van der Waals surface area contributed by atoms with E-state index >= 15 is 0 Å². The lowest BCUT2D eigenvalue weighted by Gasteiger charge is -2.22. The van der Waals surface area contributed by atoms with Gasteiger partial charge >= 0.3 is 6.18 Å². The molecular weight excluding hydrogens is 255 g/mol. The van der Waals surface area contributed by atoms with Crippen molar-refractivity contribution in [1.29, 1.82) is 0 Å². The molecule has 106 valence electrons. The highest BCUT2D eigenvalue weighted by atomic mass is 19.4. The van der Waals surface area contributed by atoms with Crippen LogP contribution in [0.1, 0.15) is 24.0 Å². The molecule has 1 N–H and O–H groups in total. The van der Waals surface area contributed by atoms with E-state index in [2.05, 4.69) is 5.32 Å². The maximum absolute atomic E-state index is 12.8. The lowest BCUT2D eigenvalue weighted by atomic mass is 10.0. The van der Waals surface area contributed by atoms with Crippen molar-refractivity contribution in [3.05, 3.63) is 35.4 Å². The van der Waals surface area contributed by atoms with Gasteiger partial charge < -0.3 is 10.1 Å². The van der Waals surface area contributed by atoms with Crippen molar-refractivity contribution in [2.24, 2.45) is 5.92 Å². The van der Waals surface area contributed by atoms with E-state index in [4.69, 9.17) is 4.74 Å². The van der Waals surface area contributed by atoms with Gasteiger partial charge in [0.15, 0.2) is 0 Å². The summed E-state index contributed by atoms with van der Waals surface area (Å²) >= 11 is 0. The van der Waals surface area contributed by atoms with Crippen molar-refractivity contribution < 1.29 is 17.9 Å². The highest BCUT2D eigenvalue weighted by Gasteiger charge is 2.32. The number of ether oxygens (including phenoxy) is 1. The smallest absolute Gasteiger partial charge is 0.381 e. The standard InChI is InChI=1S/C14H18F3NO/c15-14(16,17)13-6-2-1-5-12(13)9-18-8-11-4-3-7-19-10-11/h1-2,5-6,11,18H,3-4,7-10H2. The molecule has 0 spiro atoms. The van der Waals surface area contributed by atoms with Gasteiger partial charge in [-0.2, -0.15) is 13.2 Å². The molecule has 0 bridgehead atoms. The second-order valence-electron chi connectivity index (χ2n) is 4.87. The second kappa shape index (κ2) is 6.39. The predicted octanol–water partition coefficient (Wildman–Crippen LogP) is 3.22. The molecule has 1 unspecified atom stereocenters. The molecule has 5 heteroatoms. The third-order valence-electron chi connectivity index (χ3n) is 3.33. The Hall–Kier alpha value is -1.07. The fourth-order valence-electron chi connectivity index (χ4n) is 2.33. The molecule has 0 aliphatic carbocycles. The zero-order valence-electron chi connectivity index (χ0n) is 10.7. The van der Waals surface area contributed by atoms with Gasteiger partial charge in [-0.25, -0.2) is 0 Å². The number of benzene rings is 1. The monoisotopic (exact) mass is 273 g/mol. The molecule has 0 aromatic heterocycles. The van der Waals surface area contributed by atoms with Crippen molar-refractivity contribution in [1.82, 2.24) is 5.32 Å². The van der Waals surface area contributed by atoms with Gasteiger partial charge in [-0.05, 0) is 30.4 Å². The van der Waals surface area contributed by atoms with Crippen molar-refractivity contribution in [2.45, 2.75) is 25.6 Å². The van der Waals surface area contributed by atoms with E-state index in [1.807, 2.05) is 0 Å². The third-order valence-corrected chi connectivity index (χ3v) is 3.33. The molecule has 0 amide bonds. The maximum atomic E-state index is 12.8. The van der Waals surface area contributed by atoms with Gasteiger partial charge in [-0.3, -0.25) is 0 Å². The first-order chi connectivity index (χ1) is 9.07. The van der Waals surface area contributed by atoms with Crippen LogP contribution in [-0.2, 0) is 17.5 Å². The first kappa shape index (κ1) is 14.3. The molecule has 1 aliphatic heterocycles. The molecule has 1 aromatic rings. The molecule has 1 aromatic carbocycles. The topological polar surface area (TPSA) is 21.3 Å². The summed E-state index contributed by atoms with van der Waals surface area (Å²) in [5.74, 6) is 0.409. The molecule has 1 aliphatic rings. The van der Waals surface area contributed by atoms with E-state index in [0.717, 1.165) is 25.5 Å². The first-order valence-corrected chi connectivity index (χ1v) is 6.51. The molecule has 1 atom stereocenters. The van der Waals surface area contributed by atoms with Gasteiger partial charge in [0, 0.05) is 19.7 Å². The highest BCUT2D eigenvalue weighted by Crippen LogP contribution is 2.31. The van der Waals surface area contributed by atoms with Crippen LogP contribution in [0.25, 0.3) is 0 Å². The number of alkyl halides is 3. The zero-order chi connectivity index (χ0) is 13.7. The molecule has 1 saturated heterocycles. The van der Waals surface area contributed by atoms with Crippen LogP contribution in [0.15, 0.2) is 24.3 Å². The summed E-state index contributed by atoms with van der Waals surface area (Å²) < 4.78 is 43.7.